The number of hydrogen-bond donors (Lipinski definition) is 1. The van der Waals surface area contributed by atoms with Crippen LogP contribution in [-0.2, 0) is 6.42 Å². The van der Waals surface area contributed by atoms with E-state index in [-0.39, 0.29) is 0 Å². The summed E-state index contributed by atoms with van der Waals surface area (Å²) in [7, 11) is 0. The summed E-state index contributed by atoms with van der Waals surface area (Å²) in [4.78, 5) is 0. The maximum atomic E-state index is 5.90. The Labute approximate surface area is 94.5 Å². The Morgan fingerprint density at radius 2 is 2.36 bits per heavy atom. The molecule has 0 aromatic carbocycles. The van der Waals surface area contributed by atoms with Crippen molar-refractivity contribution in [3.63, 3.8) is 0 Å². The maximum absolute atomic E-state index is 5.90. The topological polar surface area (TPSA) is 12.0 Å². The lowest BCUT2D eigenvalue weighted by atomic mass is 10.1. The van der Waals surface area contributed by atoms with E-state index >= 15 is 0 Å². The molecule has 0 spiro atoms. The summed E-state index contributed by atoms with van der Waals surface area (Å²) >= 11 is 7.67. The van der Waals surface area contributed by atoms with Crippen LogP contribution in [0.4, 0.5) is 0 Å². The van der Waals surface area contributed by atoms with Crippen molar-refractivity contribution in [3.8, 4) is 0 Å². The first-order valence-corrected chi connectivity index (χ1v) is 6.60. The van der Waals surface area contributed by atoms with Crippen molar-refractivity contribution >= 4 is 22.9 Å². The van der Waals surface area contributed by atoms with Crippen LogP contribution in [0.1, 0.15) is 18.4 Å². The molecular formula is C11H16ClNS. The van der Waals surface area contributed by atoms with Crippen LogP contribution in [0.15, 0.2) is 16.8 Å². The van der Waals surface area contributed by atoms with Crippen LogP contribution in [0.5, 0.6) is 0 Å². The minimum Gasteiger partial charge on any atom is -0.316 e. The van der Waals surface area contributed by atoms with Crippen molar-refractivity contribution in [2.24, 2.45) is 5.41 Å². The standard InChI is InChI=1S/C11H16ClNS/c12-8-11(3-4-11)9-13-5-1-10-2-6-14-7-10/h2,6-7,13H,1,3-5,8-9H2. The Morgan fingerprint density at radius 1 is 1.50 bits per heavy atom. The lowest BCUT2D eigenvalue weighted by Crippen LogP contribution is -2.26. The van der Waals surface area contributed by atoms with Gasteiger partial charge in [0.2, 0.25) is 0 Å². The maximum Gasteiger partial charge on any atom is 0.0292 e. The molecule has 78 valence electrons. The van der Waals surface area contributed by atoms with Gasteiger partial charge in [0.25, 0.3) is 0 Å². The summed E-state index contributed by atoms with van der Waals surface area (Å²) < 4.78 is 0. The molecule has 1 aliphatic rings. The van der Waals surface area contributed by atoms with E-state index in [0.29, 0.717) is 5.41 Å². The first-order chi connectivity index (χ1) is 6.85. The molecule has 1 heterocycles. The summed E-state index contributed by atoms with van der Waals surface area (Å²) in [6, 6.07) is 2.20. The minimum atomic E-state index is 0.455. The fourth-order valence-electron chi connectivity index (χ4n) is 1.56. The van der Waals surface area contributed by atoms with Gasteiger partial charge in [0.1, 0.15) is 0 Å². The molecule has 1 N–H and O–H groups in total. The molecule has 0 unspecified atom stereocenters. The van der Waals surface area contributed by atoms with E-state index in [1.165, 1.54) is 18.4 Å². The van der Waals surface area contributed by atoms with Gasteiger partial charge < -0.3 is 5.32 Å². The Morgan fingerprint density at radius 3 is 2.93 bits per heavy atom. The first-order valence-electron chi connectivity index (χ1n) is 5.12. The molecule has 1 aromatic heterocycles. The third-order valence-electron chi connectivity index (χ3n) is 2.91. The minimum absolute atomic E-state index is 0.455. The van der Waals surface area contributed by atoms with Crippen molar-refractivity contribution in [3.05, 3.63) is 22.4 Å². The number of alkyl halides is 1. The van der Waals surface area contributed by atoms with Gasteiger partial charge in [-0.15, -0.1) is 11.6 Å². The van der Waals surface area contributed by atoms with Crippen LogP contribution in [0, 0.1) is 5.41 Å². The molecule has 1 nitrogen and oxygen atoms in total. The second-order valence-electron chi connectivity index (χ2n) is 4.19. The molecule has 0 aliphatic heterocycles. The van der Waals surface area contributed by atoms with Gasteiger partial charge >= 0.3 is 0 Å². The van der Waals surface area contributed by atoms with Gasteiger partial charge in [0.15, 0.2) is 0 Å². The zero-order valence-electron chi connectivity index (χ0n) is 8.26. The van der Waals surface area contributed by atoms with E-state index in [1.54, 1.807) is 11.3 Å². The molecule has 0 radical (unpaired) electrons. The summed E-state index contributed by atoms with van der Waals surface area (Å²) in [5, 5.41) is 7.85. The average Bonchev–Trinajstić information content (AvgIpc) is 2.81. The molecule has 0 atom stereocenters. The van der Waals surface area contributed by atoms with E-state index in [4.69, 9.17) is 11.6 Å². The van der Waals surface area contributed by atoms with Gasteiger partial charge in [-0.2, -0.15) is 11.3 Å². The average molecular weight is 230 g/mol. The van der Waals surface area contributed by atoms with Crippen LogP contribution < -0.4 is 5.32 Å². The molecular weight excluding hydrogens is 214 g/mol. The number of rotatable bonds is 6. The van der Waals surface area contributed by atoms with Crippen molar-refractivity contribution in [1.82, 2.24) is 5.32 Å². The van der Waals surface area contributed by atoms with Crippen molar-refractivity contribution in [1.29, 1.82) is 0 Å². The van der Waals surface area contributed by atoms with E-state index in [9.17, 15) is 0 Å². The number of nitrogens with one attached hydrogen (secondary N) is 1. The molecule has 1 aliphatic carbocycles. The predicted molar refractivity (Wildman–Crippen MR) is 63.3 cm³/mol. The van der Waals surface area contributed by atoms with Crippen LogP contribution in [0.3, 0.4) is 0 Å². The highest BCUT2D eigenvalue weighted by atomic mass is 35.5. The van der Waals surface area contributed by atoms with E-state index in [2.05, 4.69) is 22.1 Å². The summed E-state index contributed by atoms with van der Waals surface area (Å²) in [5.74, 6) is 0.818. The van der Waals surface area contributed by atoms with Gasteiger partial charge in [0, 0.05) is 12.4 Å². The molecule has 0 saturated heterocycles. The molecule has 3 heteroatoms. The van der Waals surface area contributed by atoms with Crippen LogP contribution in [0.25, 0.3) is 0 Å². The lowest BCUT2D eigenvalue weighted by molar-refractivity contribution is 0.507. The summed E-state index contributed by atoms with van der Waals surface area (Å²) in [6.45, 7) is 2.18. The van der Waals surface area contributed by atoms with Crippen molar-refractivity contribution in [2.75, 3.05) is 19.0 Å². The molecule has 0 amide bonds. The third-order valence-corrected chi connectivity index (χ3v) is 4.21. The second kappa shape index (κ2) is 4.65. The Hall–Kier alpha value is -0.0500. The second-order valence-corrected chi connectivity index (χ2v) is 5.24. The zero-order chi connectivity index (χ0) is 9.86. The SMILES string of the molecule is ClCC1(CNCCc2ccsc2)CC1. The highest BCUT2D eigenvalue weighted by Crippen LogP contribution is 2.45. The number of hydrogen-bond acceptors (Lipinski definition) is 2. The highest BCUT2D eigenvalue weighted by Gasteiger charge is 2.40. The van der Waals surface area contributed by atoms with Gasteiger partial charge in [-0.25, -0.2) is 0 Å². The first kappa shape index (κ1) is 10.5. The largest absolute Gasteiger partial charge is 0.316 e. The van der Waals surface area contributed by atoms with Crippen LogP contribution in [-0.4, -0.2) is 19.0 Å². The van der Waals surface area contributed by atoms with E-state index in [0.717, 1.165) is 25.4 Å². The predicted octanol–water partition coefficient (Wildman–Crippen LogP) is 2.90. The quantitative estimate of drug-likeness (QED) is 0.584. The van der Waals surface area contributed by atoms with Gasteiger partial charge in [0.05, 0.1) is 0 Å². The molecule has 2 rings (SSSR count). The Bertz CT molecular complexity index is 267. The molecule has 1 saturated carbocycles. The van der Waals surface area contributed by atoms with Crippen molar-refractivity contribution in [2.45, 2.75) is 19.3 Å². The fourth-order valence-corrected chi connectivity index (χ4v) is 2.62. The van der Waals surface area contributed by atoms with Gasteiger partial charge in [-0.1, -0.05) is 0 Å². The van der Waals surface area contributed by atoms with E-state index in [1.807, 2.05) is 0 Å². The summed E-state index contributed by atoms with van der Waals surface area (Å²) in [6.07, 6.45) is 3.76. The lowest BCUT2D eigenvalue weighted by Gasteiger charge is -2.11. The molecule has 1 aromatic rings. The van der Waals surface area contributed by atoms with Gasteiger partial charge in [-0.05, 0) is 53.6 Å². The van der Waals surface area contributed by atoms with Crippen molar-refractivity contribution < 1.29 is 0 Å². The van der Waals surface area contributed by atoms with Crippen LogP contribution in [0.2, 0.25) is 0 Å². The molecule has 1 fully saturated rings. The van der Waals surface area contributed by atoms with Gasteiger partial charge in [-0.3, -0.25) is 0 Å². The van der Waals surface area contributed by atoms with Crippen LogP contribution >= 0.6 is 22.9 Å². The molecule has 14 heavy (non-hydrogen) atoms. The summed E-state index contributed by atoms with van der Waals surface area (Å²) in [5.41, 5.74) is 1.90. The monoisotopic (exact) mass is 229 g/mol. The normalized spacial score (nSPS) is 18.4. The van der Waals surface area contributed by atoms with E-state index < -0.39 is 0 Å². The Kier molecular flexibility index (Phi) is 3.47. The number of halogens is 1. The smallest absolute Gasteiger partial charge is 0.0292 e. The molecule has 0 bridgehead atoms. The highest BCUT2D eigenvalue weighted by molar-refractivity contribution is 7.07. The fraction of sp³-hybridized carbons (Fsp3) is 0.636. The number of thiophene rings is 1. The third kappa shape index (κ3) is 2.72. The zero-order valence-corrected chi connectivity index (χ0v) is 9.83. The Balaban J connectivity index is 1.60.